The second kappa shape index (κ2) is 3.28. The number of hydrogen-bond donors (Lipinski definition) is 1. The molecule has 80 valence electrons. The molecule has 1 atom stereocenters. The monoisotopic (exact) mass is 223 g/mol. The van der Waals surface area contributed by atoms with Gasteiger partial charge in [-0.25, -0.2) is 13.2 Å². The summed E-state index contributed by atoms with van der Waals surface area (Å²) >= 11 is 0. The molecule has 0 bridgehead atoms. The van der Waals surface area contributed by atoms with Crippen molar-refractivity contribution in [1.82, 2.24) is 0 Å². The van der Waals surface area contributed by atoms with Crippen molar-refractivity contribution in [3.8, 4) is 0 Å². The second-order valence-corrected chi connectivity index (χ2v) is 5.58. The quantitative estimate of drug-likeness (QED) is 0.461. The molecule has 8 heteroatoms. The zero-order chi connectivity index (χ0) is 11.0. The Morgan fingerprint density at radius 1 is 1.57 bits per heavy atom. The highest BCUT2D eigenvalue weighted by Gasteiger charge is 2.44. The van der Waals surface area contributed by atoms with Gasteiger partial charge in [0.1, 0.15) is 11.3 Å². The number of nitro groups is 1. The molecule has 0 saturated carbocycles. The molecule has 0 spiro atoms. The number of aliphatic hydroxyl groups is 1. The fourth-order valence-corrected chi connectivity index (χ4v) is 3.29. The maximum atomic E-state index is 11.0. The van der Waals surface area contributed by atoms with E-state index in [1.54, 1.807) is 0 Å². The van der Waals surface area contributed by atoms with Crippen LogP contribution in [0, 0.1) is 10.1 Å². The van der Waals surface area contributed by atoms with E-state index in [-0.39, 0.29) is 12.2 Å². The normalized spacial score (nSPS) is 30.1. The number of hydrogen-bond acceptors (Lipinski definition) is 6. The van der Waals surface area contributed by atoms with Crippen LogP contribution in [0.3, 0.4) is 0 Å². The van der Waals surface area contributed by atoms with Gasteiger partial charge in [-0.1, -0.05) is 0 Å². The summed E-state index contributed by atoms with van der Waals surface area (Å²) in [6.45, 7) is 0. The fraction of sp³-hybridized carbons (Fsp3) is 0.833. The highest BCUT2D eigenvalue weighted by Crippen LogP contribution is 2.26. The lowest BCUT2D eigenvalue weighted by molar-refractivity contribution is -0.404. The van der Waals surface area contributed by atoms with E-state index in [1.165, 1.54) is 0 Å². The first-order chi connectivity index (χ1) is 6.24. The van der Waals surface area contributed by atoms with Crippen LogP contribution in [0.4, 0.5) is 0 Å². The second-order valence-electron chi connectivity index (χ2n) is 3.39. The molecule has 1 unspecified atom stereocenters. The van der Waals surface area contributed by atoms with Gasteiger partial charge in [0, 0.05) is 0 Å². The smallest absolute Gasteiger partial charge is 0.388 e. The predicted molar refractivity (Wildman–Crippen MR) is 44.8 cm³/mol. The number of carbonyl (C=O) groups excluding carboxylic acids is 1. The van der Waals surface area contributed by atoms with Gasteiger partial charge in [0.15, 0.2) is 9.84 Å². The van der Waals surface area contributed by atoms with Gasteiger partial charge in [-0.2, -0.15) is 0 Å². The fourth-order valence-electron chi connectivity index (χ4n) is 1.38. The molecule has 1 fully saturated rings. The Bertz CT molecular complexity index is 374. The maximum Gasteiger partial charge on any atom is 0.447 e. The lowest BCUT2D eigenvalue weighted by Gasteiger charge is -2.15. The van der Waals surface area contributed by atoms with Crippen LogP contribution < -0.4 is 0 Å². The molecule has 0 aromatic carbocycles. The third kappa shape index (κ3) is 2.48. The molecular weight excluding hydrogens is 214 g/mol. The Labute approximate surface area is 79.8 Å². The van der Waals surface area contributed by atoms with Crippen LogP contribution in [0.15, 0.2) is 0 Å². The summed E-state index contributed by atoms with van der Waals surface area (Å²) in [6, 6.07) is 0. The van der Waals surface area contributed by atoms with Gasteiger partial charge >= 0.3 is 5.91 Å². The molecule has 7 nitrogen and oxygen atoms in total. The Morgan fingerprint density at radius 2 is 2.14 bits per heavy atom. The van der Waals surface area contributed by atoms with Gasteiger partial charge in [0.2, 0.25) is 0 Å². The van der Waals surface area contributed by atoms with E-state index in [1.807, 2.05) is 0 Å². The van der Waals surface area contributed by atoms with Gasteiger partial charge in [0.25, 0.3) is 0 Å². The van der Waals surface area contributed by atoms with E-state index in [9.17, 15) is 28.4 Å². The van der Waals surface area contributed by atoms with E-state index in [4.69, 9.17) is 0 Å². The molecular formula is C6H9NO6S. The Morgan fingerprint density at radius 3 is 2.50 bits per heavy atom. The molecule has 0 aromatic rings. The molecule has 14 heavy (non-hydrogen) atoms. The van der Waals surface area contributed by atoms with Crippen LogP contribution >= 0.6 is 0 Å². The van der Waals surface area contributed by atoms with Crippen molar-refractivity contribution in [3.63, 3.8) is 0 Å². The van der Waals surface area contributed by atoms with Crippen LogP contribution in [0.5, 0.6) is 0 Å². The first-order valence-corrected chi connectivity index (χ1v) is 5.66. The average Bonchev–Trinajstić information content (AvgIpc) is 2.25. The summed E-state index contributed by atoms with van der Waals surface area (Å²) in [6.07, 6.45) is -0.853. The van der Waals surface area contributed by atoms with E-state index in [2.05, 4.69) is 0 Å². The van der Waals surface area contributed by atoms with E-state index in [0.717, 1.165) is 0 Å². The molecule has 0 radical (unpaired) electrons. The summed E-state index contributed by atoms with van der Waals surface area (Å²) in [5.41, 5.74) is -1.75. The predicted octanol–water partition coefficient (Wildman–Crippen LogP) is -1.27. The van der Waals surface area contributed by atoms with Gasteiger partial charge in [-0.15, -0.1) is 0 Å². The molecule has 1 N–H and O–H groups in total. The van der Waals surface area contributed by atoms with Crippen molar-refractivity contribution in [2.24, 2.45) is 0 Å². The molecule has 1 rings (SSSR count). The number of carbonyl (C=O) groups is 1. The first kappa shape index (κ1) is 11.1. The van der Waals surface area contributed by atoms with Gasteiger partial charge in [-0.05, 0) is 6.42 Å². The lowest BCUT2D eigenvalue weighted by Crippen LogP contribution is -2.35. The average molecular weight is 223 g/mol. The first-order valence-electron chi connectivity index (χ1n) is 3.84. The van der Waals surface area contributed by atoms with Gasteiger partial charge in [-0.3, -0.25) is 10.1 Å². The Kier molecular flexibility index (Phi) is 2.59. The maximum absolute atomic E-state index is 11.0. The molecule has 1 saturated heterocycles. The number of nitrogens with zero attached hydrogens (tertiary/aromatic N) is 1. The highest BCUT2D eigenvalue weighted by atomic mass is 32.2. The SMILES string of the molecule is O=C(CC1(O)CCS(=O)(=O)C1)[N+](=O)[O-]. The van der Waals surface area contributed by atoms with E-state index < -0.39 is 38.4 Å². The topological polar surface area (TPSA) is 115 Å². The molecule has 0 aliphatic carbocycles. The third-order valence-electron chi connectivity index (χ3n) is 2.05. The standard InChI is InChI=1S/C6H9NO6S/c8-5(7(10)11)3-6(9)1-2-14(12,13)4-6/h9H,1-4H2. The van der Waals surface area contributed by atoms with E-state index in [0.29, 0.717) is 0 Å². The molecule has 0 aromatic heterocycles. The lowest BCUT2D eigenvalue weighted by atomic mass is 9.99. The minimum atomic E-state index is -3.35. The molecule has 1 amide bonds. The Balaban J connectivity index is 2.71. The van der Waals surface area contributed by atoms with Crippen LogP contribution in [-0.2, 0) is 14.6 Å². The molecule has 1 heterocycles. The molecule has 1 aliphatic heterocycles. The summed E-state index contributed by atoms with van der Waals surface area (Å²) in [7, 11) is -3.35. The largest absolute Gasteiger partial charge is 0.447 e. The zero-order valence-electron chi connectivity index (χ0n) is 7.17. The molecule has 1 aliphatic rings. The Hall–Kier alpha value is -1.02. The van der Waals surface area contributed by atoms with Crippen molar-refractivity contribution in [2.75, 3.05) is 11.5 Å². The van der Waals surface area contributed by atoms with Crippen LogP contribution in [0.2, 0.25) is 0 Å². The third-order valence-corrected chi connectivity index (χ3v) is 3.85. The summed E-state index contributed by atoms with van der Waals surface area (Å²) in [4.78, 5) is 19.5. The van der Waals surface area contributed by atoms with Crippen molar-refractivity contribution in [1.29, 1.82) is 0 Å². The number of sulfone groups is 1. The highest BCUT2D eigenvalue weighted by molar-refractivity contribution is 7.91. The summed E-state index contributed by atoms with van der Waals surface area (Å²) in [5, 5.41) is 19.5. The van der Waals surface area contributed by atoms with Crippen LogP contribution in [0.25, 0.3) is 0 Å². The minimum absolute atomic E-state index is 0.116. The number of rotatable bonds is 2. The summed E-state index contributed by atoms with van der Waals surface area (Å²) < 4.78 is 21.9. The minimum Gasteiger partial charge on any atom is -0.388 e. The zero-order valence-corrected chi connectivity index (χ0v) is 7.99. The van der Waals surface area contributed by atoms with Crippen molar-refractivity contribution in [3.05, 3.63) is 10.1 Å². The van der Waals surface area contributed by atoms with Crippen LogP contribution in [0.1, 0.15) is 12.8 Å². The van der Waals surface area contributed by atoms with Crippen molar-refractivity contribution < 1.29 is 23.2 Å². The van der Waals surface area contributed by atoms with Crippen molar-refractivity contribution >= 4 is 15.7 Å². The van der Waals surface area contributed by atoms with E-state index >= 15 is 0 Å². The van der Waals surface area contributed by atoms with Crippen LogP contribution in [-0.4, -0.2) is 41.5 Å². The summed E-state index contributed by atoms with van der Waals surface area (Å²) in [5.74, 6) is -2.15. The number of amides is 1. The van der Waals surface area contributed by atoms with Crippen molar-refractivity contribution in [2.45, 2.75) is 18.4 Å². The van der Waals surface area contributed by atoms with Gasteiger partial charge < -0.3 is 5.11 Å². The van der Waals surface area contributed by atoms with Gasteiger partial charge in [0.05, 0.1) is 17.1 Å².